The molecule has 0 radical (unpaired) electrons. The van der Waals surface area contributed by atoms with Crippen LogP contribution < -0.4 is 0 Å². The fourth-order valence-corrected chi connectivity index (χ4v) is 1.42. The zero-order valence-electron chi connectivity index (χ0n) is 8.96. The summed E-state index contributed by atoms with van der Waals surface area (Å²) in [5, 5.41) is 0. The van der Waals surface area contributed by atoms with Crippen molar-refractivity contribution >= 4 is 5.97 Å². The molecule has 1 aromatic rings. The molecule has 0 unspecified atom stereocenters. The van der Waals surface area contributed by atoms with Crippen LogP contribution in [0.15, 0.2) is 18.2 Å². The summed E-state index contributed by atoms with van der Waals surface area (Å²) in [4.78, 5) is 11.5. The monoisotopic (exact) mass is 192 g/mol. The predicted octanol–water partition coefficient (Wildman–Crippen LogP) is 2.73. The first-order valence-electron chi connectivity index (χ1n) is 4.95. The smallest absolute Gasteiger partial charge is 0.338 e. The molecule has 0 atom stereocenters. The van der Waals surface area contributed by atoms with Crippen LogP contribution >= 0.6 is 0 Å². The third-order valence-electron chi connectivity index (χ3n) is 2.14. The van der Waals surface area contributed by atoms with E-state index in [1.165, 1.54) is 5.56 Å². The van der Waals surface area contributed by atoms with Crippen LogP contribution in [0.3, 0.4) is 0 Å². The van der Waals surface area contributed by atoms with Gasteiger partial charge in [-0.1, -0.05) is 24.6 Å². The average molecular weight is 192 g/mol. The summed E-state index contributed by atoms with van der Waals surface area (Å²) < 4.78 is 4.97. The standard InChI is InChI=1S/C12H16O2/c1-4-10-8-9(3)6-7-11(10)12(13)14-5-2/h6-8H,4-5H2,1-3H3. The quantitative estimate of drug-likeness (QED) is 0.688. The number of aryl methyl sites for hydroxylation is 2. The average Bonchev–Trinajstić information content (AvgIpc) is 2.17. The number of ether oxygens (including phenoxy) is 1. The number of benzene rings is 1. The van der Waals surface area contributed by atoms with E-state index in [-0.39, 0.29) is 5.97 Å². The van der Waals surface area contributed by atoms with Crippen molar-refractivity contribution in [1.82, 2.24) is 0 Å². The molecule has 0 heterocycles. The van der Waals surface area contributed by atoms with Crippen LogP contribution in [0.2, 0.25) is 0 Å². The molecule has 0 aliphatic rings. The summed E-state index contributed by atoms with van der Waals surface area (Å²) in [6.45, 7) is 6.30. The summed E-state index contributed by atoms with van der Waals surface area (Å²) in [5.74, 6) is -0.218. The van der Waals surface area contributed by atoms with Gasteiger partial charge in [-0.3, -0.25) is 0 Å². The van der Waals surface area contributed by atoms with Gasteiger partial charge in [-0.15, -0.1) is 0 Å². The van der Waals surface area contributed by atoms with Crippen LogP contribution in [0.1, 0.15) is 35.3 Å². The number of hydrogen-bond donors (Lipinski definition) is 0. The molecule has 1 aromatic carbocycles. The Kier molecular flexibility index (Phi) is 3.69. The van der Waals surface area contributed by atoms with Gasteiger partial charge in [0.05, 0.1) is 12.2 Å². The second-order valence-corrected chi connectivity index (χ2v) is 3.23. The Hall–Kier alpha value is -1.31. The Morgan fingerprint density at radius 3 is 2.64 bits per heavy atom. The Bertz CT molecular complexity index is 329. The first kappa shape index (κ1) is 10.8. The fraction of sp³-hybridized carbons (Fsp3) is 0.417. The molecule has 0 fully saturated rings. The number of rotatable bonds is 3. The van der Waals surface area contributed by atoms with Crippen LogP contribution in [0, 0.1) is 6.92 Å². The van der Waals surface area contributed by atoms with E-state index in [1.807, 2.05) is 39.0 Å². The zero-order chi connectivity index (χ0) is 10.6. The number of carbonyl (C=O) groups is 1. The minimum atomic E-state index is -0.218. The summed E-state index contributed by atoms with van der Waals surface area (Å²) >= 11 is 0. The van der Waals surface area contributed by atoms with Crippen LogP contribution in [0.4, 0.5) is 0 Å². The van der Waals surface area contributed by atoms with Crippen LogP contribution in [-0.4, -0.2) is 12.6 Å². The maximum Gasteiger partial charge on any atom is 0.338 e. The normalized spacial score (nSPS) is 9.93. The second-order valence-electron chi connectivity index (χ2n) is 3.23. The molecule has 0 amide bonds. The number of carbonyl (C=O) groups excluding carboxylic acids is 1. The summed E-state index contributed by atoms with van der Waals surface area (Å²) in [7, 11) is 0. The topological polar surface area (TPSA) is 26.3 Å². The molecule has 1 rings (SSSR count). The molecule has 0 N–H and O–H groups in total. The van der Waals surface area contributed by atoms with Gasteiger partial charge >= 0.3 is 5.97 Å². The van der Waals surface area contributed by atoms with E-state index < -0.39 is 0 Å². The van der Waals surface area contributed by atoms with Crippen molar-refractivity contribution in [2.45, 2.75) is 27.2 Å². The van der Waals surface area contributed by atoms with Gasteiger partial charge < -0.3 is 4.74 Å². The van der Waals surface area contributed by atoms with Gasteiger partial charge in [0.1, 0.15) is 0 Å². The Morgan fingerprint density at radius 1 is 1.36 bits per heavy atom. The Morgan fingerprint density at radius 2 is 2.07 bits per heavy atom. The van der Waals surface area contributed by atoms with E-state index >= 15 is 0 Å². The molecule has 2 nitrogen and oxygen atoms in total. The van der Waals surface area contributed by atoms with Crippen molar-refractivity contribution in [3.8, 4) is 0 Å². The van der Waals surface area contributed by atoms with Gasteiger partial charge in [0.25, 0.3) is 0 Å². The zero-order valence-corrected chi connectivity index (χ0v) is 8.96. The molecular formula is C12H16O2. The molecule has 0 spiro atoms. The lowest BCUT2D eigenvalue weighted by Crippen LogP contribution is -2.07. The van der Waals surface area contributed by atoms with Gasteiger partial charge in [0, 0.05) is 0 Å². The molecule has 0 aromatic heterocycles. The van der Waals surface area contributed by atoms with Crippen molar-refractivity contribution in [1.29, 1.82) is 0 Å². The van der Waals surface area contributed by atoms with Crippen LogP contribution in [0.5, 0.6) is 0 Å². The number of hydrogen-bond acceptors (Lipinski definition) is 2. The third-order valence-corrected chi connectivity index (χ3v) is 2.14. The van der Waals surface area contributed by atoms with Gasteiger partial charge in [0.15, 0.2) is 0 Å². The molecular weight excluding hydrogens is 176 g/mol. The van der Waals surface area contributed by atoms with Crippen molar-refractivity contribution in [2.75, 3.05) is 6.61 Å². The first-order valence-corrected chi connectivity index (χ1v) is 4.95. The Labute approximate surface area is 84.9 Å². The van der Waals surface area contributed by atoms with Gasteiger partial charge in [0.2, 0.25) is 0 Å². The van der Waals surface area contributed by atoms with Crippen molar-refractivity contribution in [3.63, 3.8) is 0 Å². The number of esters is 1. The summed E-state index contributed by atoms with van der Waals surface area (Å²) in [6.07, 6.45) is 0.857. The van der Waals surface area contributed by atoms with Gasteiger partial charge in [-0.2, -0.15) is 0 Å². The highest BCUT2D eigenvalue weighted by molar-refractivity contribution is 5.91. The molecule has 0 bridgehead atoms. The van der Waals surface area contributed by atoms with E-state index in [0.29, 0.717) is 12.2 Å². The Balaban J connectivity index is 3.01. The molecule has 2 heteroatoms. The van der Waals surface area contributed by atoms with Crippen molar-refractivity contribution in [3.05, 3.63) is 34.9 Å². The maximum atomic E-state index is 11.5. The maximum absolute atomic E-state index is 11.5. The lowest BCUT2D eigenvalue weighted by molar-refractivity contribution is 0.0525. The van der Waals surface area contributed by atoms with E-state index in [1.54, 1.807) is 0 Å². The molecule has 0 aliphatic carbocycles. The van der Waals surface area contributed by atoms with Crippen molar-refractivity contribution in [2.24, 2.45) is 0 Å². The highest BCUT2D eigenvalue weighted by Crippen LogP contribution is 2.13. The highest BCUT2D eigenvalue weighted by atomic mass is 16.5. The lowest BCUT2D eigenvalue weighted by Gasteiger charge is -2.07. The molecule has 0 aliphatic heterocycles. The van der Waals surface area contributed by atoms with Gasteiger partial charge in [-0.25, -0.2) is 4.79 Å². The first-order chi connectivity index (χ1) is 6.69. The van der Waals surface area contributed by atoms with Crippen LogP contribution in [-0.2, 0) is 11.2 Å². The van der Waals surface area contributed by atoms with E-state index in [2.05, 4.69) is 0 Å². The van der Waals surface area contributed by atoms with E-state index in [9.17, 15) is 4.79 Å². The highest BCUT2D eigenvalue weighted by Gasteiger charge is 2.10. The summed E-state index contributed by atoms with van der Waals surface area (Å²) in [5.41, 5.74) is 2.93. The van der Waals surface area contributed by atoms with E-state index in [0.717, 1.165) is 12.0 Å². The second kappa shape index (κ2) is 4.80. The predicted molar refractivity (Wildman–Crippen MR) is 56.5 cm³/mol. The van der Waals surface area contributed by atoms with Crippen LogP contribution in [0.25, 0.3) is 0 Å². The molecule has 0 saturated heterocycles. The fourth-order valence-electron chi connectivity index (χ4n) is 1.42. The summed E-state index contributed by atoms with van der Waals surface area (Å²) in [6, 6.07) is 5.81. The minimum Gasteiger partial charge on any atom is -0.462 e. The molecule has 0 saturated carbocycles. The molecule has 76 valence electrons. The largest absolute Gasteiger partial charge is 0.462 e. The third kappa shape index (κ3) is 2.34. The minimum absolute atomic E-state index is 0.218. The van der Waals surface area contributed by atoms with Crippen molar-refractivity contribution < 1.29 is 9.53 Å². The van der Waals surface area contributed by atoms with E-state index in [4.69, 9.17) is 4.74 Å². The van der Waals surface area contributed by atoms with Gasteiger partial charge in [-0.05, 0) is 31.9 Å². The lowest BCUT2D eigenvalue weighted by atomic mass is 10.0. The molecule has 14 heavy (non-hydrogen) atoms. The SMILES string of the molecule is CCOC(=O)c1ccc(C)cc1CC.